The number of nitro groups is 1. The molecule has 11 nitrogen and oxygen atoms in total. The fourth-order valence-corrected chi connectivity index (χ4v) is 4.74. The van der Waals surface area contributed by atoms with Gasteiger partial charge in [0.15, 0.2) is 0 Å². The van der Waals surface area contributed by atoms with Gasteiger partial charge >= 0.3 is 0 Å². The maximum absolute atomic E-state index is 13.8. The van der Waals surface area contributed by atoms with Crippen LogP contribution in [0.4, 0.5) is 11.4 Å². The standard InChI is InChI=1S/C26H36N4O7S/c1-6-8-15-27-26(32)22(7-2)28(17-20-11-9-19(3)10-12-20)25(31)18-29(38(5,35)36)23-16-21(30(33)34)13-14-24(23)37-4/h9-14,16,22H,6-8,15,17-18H2,1-5H3,(H,27,32). The number of methoxy groups -OCH3 is 1. The minimum absolute atomic E-state index is 0.0447. The van der Waals surface area contributed by atoms with Gasteiger partial charge in [0.25, 0.3) is 5.69 Å². The Morgan fingerprint density at radius 2 is 1.79 bits per heavy atom. The summed E-state index contributed by atoms with van der Waals surface area (Å²) in [6.07, 6.45) is 2.87. The summed E-state index contributed by atoms with van der Waals surface area (Å²) >= 11 is 0. The fraction of sp³-hybridized carbons (Fsp3) is 0.462. The lowest BCUT2D eigenvalue weighted by Crippen LogP contribution is -2.52. The maximum Gasteiger partial charge on any atom is 0.271 e. The Balaban J connectivity index is 2.52. The summed E-state index contributed by atoms with van der Waals surface area (Å²) in [6.45, 7) is 5.55. The average Bonchev–Trinajstić information content (AvgIpc) is 2.87. The molecule has 0 aromatic heterocycles. The molecule has 12 heteroatoms. The van der Waals surface area contributed by atoms with Crippen LogP contribution in [0.15, 0.2) is 42.5 Å². The van der Waals surface area contributed by atoms with Crippen LogP contribution in [0, 0.1) is 17.0 Å². The lowest BCUT2D eigenvalue weighted by Gasteiger charge is -2.33. The molecule has 0 aliphatic carbocycles. The first-order chi connectivity index (χ1) is 17.9. The van der Waals surface area contributed by atoms with Crippen LogP contribution >= 0.6 is 0 Å². The third kappa shape index (κ3) is 8.17. The molecule has 2 amide bonds. The number of unbranched alkanes of at least 4 members (excludes halogenated alkanes) is 1. The van der Waals surface area contributed by atoms with Crippen LogP contribution < -0.4 is 14.4 Å². The molecule has 0 fully saturated rings. The van der Waals surface area contributed by atoms with Gasteiger partial charge in [0.2, 0.25) is 21.8 Å². The number of anilines is 1. The number of nitrogens with zero attached hydrogens (tertiary/aromatic N) is 3. The average molecular weight is 549 g/mol. The molecule has 0 spiro atoms. The van der Waals surface area contributed by atoms with Crippen molar-refractivity contribution in [3.63, 3.8) is 0 Å². The number of rotatable bonds is 14. The van der Waals surface area contributed by atoms with Crippen molar-refractivity contribution in [2.45, 2.75) is 52.6 Å². The van der Waals surface area contributed by atoms with Gasteiger partial charge in [-0.2, -0.15) is 0 Å². The number of ether oxygens (including phenoxy) is 1. The first-order valence-electron chi connectivity index (χ1n) is 12.4. The van der Waals surface area contributed by atoms with Crippen molar-refractivity contribution in [3.8, 4) is 5.75 Å². The monoisotopic (exact) mass is 548 g/mol. The van der Waals surface area contributed by atoms with E-state index in [1.165, 1.54) is 24.1 Å². The van der Waals surface area contributed by atoms with Gasteiger partial charge in [0.05, 0.1) is 18.3 Å². The van der Waals surface area contributed by atoms with Gasteiger partial charge in [-0.15, -0.1) is 0 Å². The normalized spacial score (nSPS) is 11.9. The second kappa shape index (κ2) is 13.8. The number of hydrogen-bond donors (Lipinski definition) is 1. The van der Waals surface area contributed by atoms with Gasteiger partial charge in [0, 0.05) is 25.2 Å². The van der Waals surface area contributed by atoms with E-state index in [1.54, 1.807) is 6.92 Å². The van der Waals surface area contributed by atoms with E-state index in [0.717, 1.165) is 40.6 Å². The van der Waals surface area contributed by atoms with Crippen LogP contribution in [-0.4, -0.2) is 62.6 Å². The van der Waals surface area contributed by atoms with Gasteiger partial charge in [-0.05, 0) is 31.4 Å². The van der Waals surface area contributed by atoms with Crippen molar-refractivity contribution in [1.82, 2.24) is 10.2 Å². The molecule has 0 saturated carbocycles. The number of nitrogens with one attached hydrogen (secondary N) is 1. The number of non-ortho nitro benzene ring substituents is 1. The number of hydrogen-bond acceptors (Lipinski definition) is 7. The van der Waals surface area contributed by atoms with E-state index < -0.39 is 33.4 Å². The molecule has 208 valence electrons. The number of aryl methyl sites for hydroxylation is 1. The molecule has 1 N–H and O–H groups in total. The summed E-state index contributed by atoms with van der Waals surface area (Å²) in [6, 6.07) is 10.1. The number of benzene rings is 2. The zero-order valence-corrected chi connectivity index (χ0v) is 23.3. The number of carbonyl (C=O) groups is 2. The molecule has 1 atom stereocenters. The smallest absolute Gasteiger partial charge is 0.271 e. The molecule has 0 bridgehead atoms. The molecular formula is C26H36N4O7S. The predicted octanol–water partition coefficient (Wildman–Crippen LogP) is 3.40. The van der Waals surface area contributed by atoms with Gasteiger partial charge in [-0.1, -0.05) is 50.1 Å². The van der Waals surface area contributed by atoms with Gasteiger partial charge < -0.3 is 15.0 Å². The van der Waals surface area contributed by atoms with Crippen LogP contribution in [0.2, 0.25) is 0 Å². The van der Waals surface area contributed by atoms with E-state index in [9.17, 15) is 28.1 Å². The first kappa shape index (κ1) is 30.6. The summed E-state index contributed by atoms with van der Waals surface area (Å²) in [4.78, 5) is 38.9. The molecular weight excluding hydrogens is 512 g/mol. The number of carbonyl (C=O) groups excluding carboxylic acids is 2. The molecule has 2 rings (SSSR count). The highest BCUT2D eigenvalue weighted by molar-refractivity contribution is 7.92. The molecule has 0 radical (unpaired) electrons. The molecule has 1 unspecified atom stereocenters. The van der Waals surface area contributed by atoms with E-state index in [-0.39, 0.29) is 29.6 Å². The minimum Gasteiger partial charge on any atom is -0.495 e. The Morgan fingerprint density at radius 3 is 2.32 bits per heavy atom. The molecule has 0 saturated heterocycles. The third-order valence-electron chi connectivity index (χ3n) is 6.01. The number of sulfonamides is 1. The van der Waals surface area contributed by atoms with E-state index in [4.69, 9.17) is 4.74 Å². The number of amides is 2. The SMILES string of the molecule is CCCCNC(=O)C(CC)N(Cc1ccc(C)cc1)C(=O)CN(c1cc([N+](=O)[O-])ccc1OC)S(C)(=O)=O. The quantitative estimate of drug-likeness (QED) is 0.217. The van der Waals surface area contributed by atoms with Crippen LogP contribution in [0.5, 0.6) is 5.75 Å². The Labute approximate surface area is 224 Å². The fourth-order valence-electron chi connectivity index (χ4n) is 3.90. The molecule has 2 aromatic rings. The Kier molecular flexibility index (Phi) is 11.1. The maximum atomic E-state index is 13.8. The molecule has 38 heavy (non-hydrogen) atoms. The van der Waals surface area contributed by atoms with Gasteiger partial charge in [0.1, 0.15) is 24.0 Å². The van der Waals surface area contributed by atoms with Crippen LogP contribution in [0.1, 0.15) is 44.2 Å². The highest BCUT2D eigenvalue weighted by atomic mass is 32.2. The molecule has 0 aliphatic heterocycles. The Morgan fingerprint density at radius 1 is 1.13 bits per heavy atom. The van der Waals surface area contributed by atoms with Crippen molar-refractivity contribution in [3.05, 3.63) is 63.7 Å². The van der Waals surface area contributed by atoms with E-state index in [0.29, 0.717) is 13.0 Å². The summed E-state index contributed by atoms with van der Waals surface area (Å²) in [5.41, 5.74) is 1.29. The van der Waals surface area contributed by atoms with Crippen LogP contribution in [0.25, 0.3) is 0 Å². The minimum atomic E-state index is -4.09. The van der Waals surface area contributed by atoms with E-state index >= 15 is 0 Å². The molecule has 2 aromatic carbocycles. The Bertz CT molecular complexity index is 1230. The van der Waals surface area contributed by atoms with E-state index in [2.05, 4.69) is 5.32 Å². The molecule has 0 heterocycles. The highest BCUT2D eigenvalue weighted by Crippen LogP contribution is 2.34. The van der Waals surface area contributed by atoms with E-state index in [1.807, 2.05) is 38.1 Å². The Hall–Kier alpha value is -3.67. The van der Waals surface area contributed by atoms with Crippen molar-refractivity contribution < 1.29 is 27.7 Å². The lowest BCUT2D eigenvalue weighted by atomic mass is 10.1. The topological polar surface area (TPSA) is 139 Å². The second-order valence-corrected chi connectivity index (χ2v) is 10.9. The molecule has 0 aliphatic rings. The summed E-state index contributed by atoms with van der Waals surface area (Å²) in [5.74, 6) is -0.925. The number of nitro benzene ring substituents is 1. The zero-order valence-electron chi connectivity index (χ0n) is 22.5. The van der Waals surface area contributed by atoms with Crippen molar-refractivity contribution in [2.24, 2.45) is 0 Å². The zero-order chi connectivity index (χ0) is 28.5. The van der Waals surface area contributed by atoms with Gasteiger partial charge in [-0.25, -0.2) is 8.42 Å². The summed E-state index contributed by atoms with van der Waals surface area (Å²) in [7, 11) is -2.79. The second-order valence-electron chi connectivity index (χ2n) is 8.96. The van der Waals surface area contributed by atoms with Crippen molar-refractivity contribution in [1.29, 1.82) is 0 Å². The van der Waals surface area contributed by atoms with Crippen molar-refractivity contribution >= 4 is 33.2 Å². The summed E-state index contributed by atoms with van der Waals surface area (Å²) in [5, 5.41) is 14.2. The summed E-state index contributed by atoms with van der Waals surface area (Å²) < 4.78 is 31.7. The van der Waals surface area contributed by atoms with Crippen LogP contribution in [-0.2, 0) is 26.2 Å². The third-order valence-corrected chi connectivity index (χ3v) is 7.14. The van der Waals surface area contributed by atoms with Crippen molar-refractivity contribution in [2.75, 3.05) is 30.8 Å². The van der Waals surface area contributed by atoms with Gasteiger partial charge in [-0.3, -0.25) is 24.0 Å². The van der Waals surface area contributed by atoms with Crippen LogP contribution in [0.3, 0.4) is 0 Å². The first-order valence-corrected chi connectivity index (χ1v) is 14.2. The largest absolute Gasteiger partial charge is 0.495 e. The predicted molar refractivity (Wildman–Crippen MR) is 146 cm³/mol. The lowest BCUT2D eigenvalue weighted by molar-refractivity contribution is -0.384. The highest BCUT2D eigenvalue weighted by Gasteiger charge is 2.33.